The Bertz CT molecular complexity index is 348. The molecule has 0 aromatic carbocycles. The van der Waals surface area contributed by atoms with Crippen LogP contribution in [0.3, 0.4) is 0 Å². The molecule has 0 spiro atoms. The molecule has 1 aromatic heterocycles. The summed E-state index contributed by atoms with van der Waals surface area (Å²) in [5.74, 6) is 0. The van der Waals surface area contributed by atoms with Crippen molar-refractivity contribution in [2.75, 3.05) is 6.54 Å². The van der Waals surface area contributed by atoms with Crippen LogP contribution in [0, 0.1) is 0 Å². The third-order valence-electron chi connectivity index (χ3n) is 2.46. The first kappa shape index (κ1) is 11.0. The Morgan fingerprint density at radius 2 is 2.07 bits per heavy atom. The van der Waals surface area contributed by atoms with E-state index in [1.807, 2.05) is 26.2 Å². The molecule has 4 nitrogen and oxygen atoms in total. The van der Waals surface area contributed by atoms with Crippen LogP contribution in [0.4, 0.5) is 0 Å². The fourth-order valence-electron chi connectivity index (χ4n) is 1.38. The second-order valence-corrected chi connectivity index (χ2v) is 4.16. The SMILES string of the molecule is CCCn1ccn(C(C)(C)CN)c1=O. The second kappa shape index (κ2) is 4.00. The van der Waals surface area contributed by atoms with E-state index in [-0.39, 0.29) is 11.2 Å². The zero-order valence-corrected chi connectivity index (χ0v) is 9.16. The van der Waals surface area contributed by atoms with Gasteiger partial charge in [0.2, 0.25) is 0 Å². The Kier molecular flexibility index (Phi) is 3.16. The molecule has 0 atom stereocenters. The summed E-state index contributed by atoms with van der Waals surface area (Å²) in [5.41, 5.74) is 5.36. The lowest BCUT2D eigenvalue weighted by molar-refractivity contribution is 0.351. The van der Waals surface area contributed by atoms with Gasteiger partial charge in [-0.05, 0) is 20.3 Å². The summed E-state index contributed by atoms with van der Waals surface area (Å²) in [6.45, 7) is 7.21. The van der Waals surface area contributed by atoms with E-state index in [2.05, 4.69) is 6.92 Å². The van der Waals surface area contributed by atoms with Crippen molar-refractivity contribution in [1.82, 2.24) is 9.13 Å². The predicted octanol–water partition coefficient (Wildman–Crippen LogP) is 0.754. The summed E-state index contributed by atoms with van der Waals surface area (Å²) in [6, 6.07) is 0. The normalized spacial score (nSPS) is 12.0. The van der Waals surface area contributed by atoms with Crippen LogP contribution in [0.15, 0.2) is 17.2 Å². The fraction of sp³-hybridized carbons (Fsp3) is 0.700. The smallest absolute Gasteiger partial charge is 0.328 e. The van der Waals surface area contributed by atoms with Gasteiger partial charge in [-0.2, -0.15) is 0 Å². The standard InChI is InChI=1S/C10H19N3O/c1-4-5-12-6-7-13(9(12)14)10(2,3)8-11/h6-7H,4-5,8,11H2,1-3H3. The average Bonchev–Trinajstić information content (AvgIpc) is 2.50. The Morgan fingerprint density at radius 1 is 1.43 bits per heavy atom. The van der Waals surface area contributed by atoms with Crippen molar-refractivity contribution in [1.29, 1.82) is 0 Å². The van der Waals surface area contributed by atoms with Crippen molar-refractivity contribution in [2.45, 2.75) is 39.3 Å². The van der Waals surface area contributed by atoms with Gasteiger partial charge in [-0.3, -0.25) is 9.13 Å². The highest BCUT2D eigenvalue weighted by Gasteiger charge is 2.20. The molecule has 0 radical (unpaired) electrons. The zero-order valence-electron chi connectivity index (χ0n) is 9.16. The third-order valence-corrected chi connectivity index (χ3v) is 2.46. The van der Waals surface area contributed by atoms with Gasteiger partial charge in [-0.25, -0.2) is 4.79 Å². The first-order chi connectivity index (χ1) is 6.53. The molecular weight excluding hydrogens is 178 g/mol. The van der Waals surface area contributed by atoms with Gasteiger partial charge in [0.1, 0.15) is 0 Å². The molecular formula is C10H19N3O. The molecule has 0 amide bonds. The van der Waals surface area contributed by atoms with Crippen molar-refractivity contribution >= 4 is 0 Å². The van der Waals surface area contributed by atoms with Crippen molar-refractivity contribution in [3.63, 3.8) is 0 Å². The first-order valence-electron chi connectivity index (χ1n) is 5.01. The minimum atomic E-state index is -0.296. The summed E-state index contributed by atoms with van der Waals surface area (Å²) in [7, 11) is 0. The Morgan fingerprint density at radius 3 is 2.57 bits per heavy atom. The van der Waals surface area contributed by atoms with E-state index in [0.717, 1.165) is 13.0 Å². The average molecular weight is 197 g/mol. The van der Waals surface area contributed by atoms with Gasteiger partial charge < -0.3 is 5.73 Å². The van der Waals surface area contributed by atoms with E-state index < -0.39 is 0 Å². The molecule has 0 bridgehead atoms. The number of rotatable bonds is 4. The van der Waals surface area contributed by atoms with Crippen LogP contribution in [0.2, 0.25) is 0 Å². The molecule has 1 aromatic rings. The van der Waals surface area contributed by atoms with E-state index >= 15 is 0 Å². The van der Waals surface area contributed by atoms with Crippen LogP contribution < -0.4 is 11.4 Å². The molecule has 1 heterocycles. The van der Waals surface area contributed by atoms with Crippen molar-refractivity contribution in [3.05, 3.63) is 22.9 Å². The molecule has 14 heavy (non-hydrogen) atoms. The highest BCUT2D eigenvalue weighted by atomic mass is 16.1. The Balaban J connectivity index is 3.07. The molecule has 0 saturated carbocycles. The van der Waals surface area contributed by atoms with Crippen LogP contribution >= 0.6 is 0 Å². The number of nitrogens with two attached hydrogens (primary N) is 1. The van der Waals surface area contributed by atoms with Gasteiger partial charge in [0.05, 0.1) is 5.54 Å². The second-order valence-electron chi connectivity index (χ2n) is 4.16. The molecule has 4 heteroatoms. The predicted molar refractivity (Wildman–Crippen MR) is 57.4 cm³/mol. The van der Waals surface area contributed by atoms with Crippen LogP contribution in [-0.4, -0.2) is 15.7 Å². The topological polar surface area (TPSA) is 52.9 Å². The van der Waals surface area contributed by atoms with E-state index in [9.17, 15) is 4.79 Å². The number of imidazole rings is 1. The van der Waals surface area contributed by atoms with Crippen molar-refractivity contribution in [2.24, 2.45) is 5.73 Å². The molecule has 0 saturated heterocycles. The summed E-state index contributed by atoms with van der Waals surface area (Å²) >= 11 is 0. The van der Waals surface area contributed by atoms with Crippen molar-refractivity contribution in [3.8, 4) is 0 Å². The van der Waals surface area contributed by atoms with Crippen LogP contribution in [0.1, 0.15) is 27.2 Å². The lowest BCUT2D eigenvalue weighted by Crippen LogP contribution is -2.42. The highest BCUT2D eigenvalue weighted by molar-refractivity contribution is 4.90. The molecule has 0 aliphatic heterocycles. The maximum absolute atomic E-state index is 11.8. The van der Waals surface area contributed by atoms with Gasteiger partial charge in [-0.1, -0.05) is 6.92 Å². The number of hydrogen-bond donors (Lipinski definition) is 1. The maximum Gasteiger partial charge on any atom is 0.328 e. The van der Waals surface area contributed by atoms with Crippen LogP contribution in [-0.2, 0) is 12.1 Å². The Labute approximate surface area is 84.3 Å². The van der Waals surface area contributed by atoms with E-state index in [0.29, 0.717) is 6.54 Å². The number of aromatic nitrogens is 2. The quantitative estimate of drug-likeness (QED) is 0.774. The number of aryl methyl sites for hydroxylation is 1. The van der Waals surface area contributed by atoms with Gasteiger partial charge in [0.25, 0.3) is 0 Å². The summed E-state index contributed by atoms with van der Waals surface area (Å²) in [4.78, 5) is 11.8. The number of hydrogen-bond acceptors (Lipinski definition) is 2. The van der Waals surface area contributed by atoms with Gasteiger partial charge in [0, 0.05) is 25.5 Å². The Hall–Kier alpha value is -1.03. The molecule has 1 rings (SSSR count). The van der Waals surface area contributed by atoms with Gasteiger partial charge >= 0.3 is 5.69 Å². The fourth-order valence-corrected chi connectivity index (χ4v) is 1.38. The van der Waals surface area contributed by atoms with E-state index in [1.165, 1.54) is 0 Å². The number of nitrogens with zero attached hydrogens (tertiary/aromatic N) is 2. The first-order valence-corrected chi connectivity index (χ1v) is 5.01. The minimum Gasteiger partial charge on any atom is -0.328 e. The van der Waals surface area contributed by atoms with Crippen LogP contribution in [0.25, 0.3) is 0 Å². The third kappa shape index (κ3) is 1.90. The molecule has 0 aliphatic rings. The zero-order chi connectivity index (χ0) is 10.8. The largest absolute Gasteiger partial charge is 0.328 e. The van der Waals surface area contributed by atoms with Crippen LogP contribution in [0.5, 0.6) is 0 Å². The molecule has 80 valence electrons. The summed E-state index contributed by atoms with van der Waals surface area (Å²) in [6.07, 6.45) is 4.60. The molecule has 2 N–H and O–H groups in total. The maximum atomic E-state index is 11.8. The molecule has 0 aliphatic carbocycles. The molecule has 0 fully saturated rings. The summed E-state index contributed by atoms with van der Waals surface area (Å²) in [5, 5.41) is 0. The lowest BCUT2D eigenvalue weighted by atomic mass is 10.1. The highest BCUT2D eigenvalue weighted by Crippen LogP contribution is 2.09. The summed E-state index contributed by atoms with van der Waals surface area (Å²) < 4.78 is 3.42. The monoisotopic (exact) mass is 197 g/mol. The van der Waals surface area contributed by atoms with Gasteiger partial charge in [-0.15, -0.1) is 0 Å². The van der Waals surface area contributed by atoms with Gasteiger partial charge in [0.15, 0.2) is 0 Å². The van der Waals surface area contributed by atoms with E-state index in [4.69, 9.17) is 5.73 Å². The molecule has 0 unspecified atom stereocenters. The minimum absolute atomic E-state index is 0.0299. The van der Waals surface area contributed by atoms with E-state index in [1.54, 1.807) is 9.13 Å². The van der Waals surface area contributed by atoms with Crippen molar-refractivity contribution < 1.29 is 0 Å². The lowest BCUT2D eigenvalue weighted by Gasteiger charge is -2.23.